The van der Waals surface area contributed by atoms with Crippen molar-refractivity contribution in [2.75, 3.05) is 12.4 Å². The molecule has 8 heteroatoms. The SMILES string of the molecule is CCC(=O)NC(=S)Nc1ccc(S(=O)(=O)N(C)Cc2ccccc2)cc1. The Hall–Kier alpha value is -2.29. The number of rotatable bonds is 6. The molecule has 138 valence electrons. The Labute approximate surface area is 159 Å². The summed E-state index contributed by atoms with van der Waals surface area (Å²) in [6.07, 6.45) is 0.326. The van der Waals surface area contributed by atoms with Crippen LogP contribution in [0.1, 0.15) is 18.9 Å². The van der Waals surface area contributed by atoms with E-state index in [0.29, 0.717) is 12.1 Å². The predicted octanol–water partition coefficient (Wildman–Crippen LogP) is 2.73. The number of amides is 1. The molecule has 0 unspecified atom stereocenters. The van der Waals surface area contributed by atoms with E-state index in [1.807, 2.05) is 30.3 Å². The fourth-order valence-electron chi connectivity index (χ4n) is 2.19. The van der Waals surface area contributed by atoms with Crippen molar-refractivity contribution in [2.45, 2.75) is 24.8 Å². The molecular weight excluding hydrogens is 370 g/mol. The molecule has 1 amide bonds. The number of nitrogens with one attached hydrogen (secondary N) is 2. The average Bonchev–Trinajstić information content (AvgIpc) is 2.62. The first kappa shape index (κ1) is 20.0. The Kier molecular flexibility index (Phi) is 6.84. The van der Waals surface area contributed by atoms with Gasteiger partial charge in [-0.05, 0) is 42.0 Å². The Morgan fingerprint density at radius 3 is 2.27 bits per heavy atom. The molecule has 2 N–H and O–H groups in total. The zero-order valence-corrected chi connectivity index (χ0v) is 16.2. The van der Waals surface area contributed by atoms with Crippen molar-refractivity contribution in [1.82, 2.24) is 9.62 Å². The smallest absolute Gasteiger partial charge is 0.243 e. The molecule has 0 saturated heterocycles. The van der Waals surface area contributed by atoms with Crippen LogP contribution in [0.2, 0.25) is 0 Å². The van der Waals surface area contributed by atoms with E-state index in [-0.39, 0.29) is 22.5 Å². The van der Waals surface area contributed by atoms with Crippen LogP contribution in [0.3, 0.4) is 0 Å². The molecule has 0 fully saturated rings. The van der Waals surface area contributed by atoms with E-state index in [0.717, 1.165) is 5.56 Å². The van der Waals surface area contributed by atoms with Gasteiger partial charge in [0.05, 0.1) is 4.90 Å². The van der Waals surface area contributed by atoms with E-state index in [1.54, 1.807) is 26.1 Å². The minimum absolute atomic E-state index is 0.175. The summed E-state index contributed by atoms with van der Waals surface area (Å²) in [5.41, 5.74) is 1.50. The lowest BCUT2D eigenvalue weighted by molar-refractivity contribution is -0.119. The summed E-state index contributed by atoms with van der Waals surface area (Å²) < 4.78 is 26.7. The van der Waals surface area contributed by atoms with Crippen LogP contribution in [0.5, 0.6) is 0 Å². The van der Waals surface area contributed by atoms with Gasteiger partial charge in [-0.25, -0.2) is 8.42 Å². The highest BCUT2D eigenvalue weighted by Gasteiger charge is 2.20. The van der Waals surface area contributed by atoms with Crippen LogP contribution in [-0.2, 0) is 21.4 Å². The summed E-state index contributed by atoms with van der Waals surface area (Å²) in [5.74, 6) is -0.191. The van der Waals surface area contributed by atoms with E-state index < -0.39 is 10.0 Å². The average molecular weight is 392 g/mol. The van der Waals surface area contributed by atoms with E-state index in [2.05, 4.69) is 10.6 Å². The summed E-state index contributed by atoms with van der Waals surface area (Å²) in [6.45, 7) is 2.01. The zero-order chi connectivity index (χ0) is 19.2. The number of sulfonamides is 1. The third kappa shape index (κ3) is 5.35. The second-order valence-corrected chi connectivity index (χ2v) is 8.08. The Bertz CT molecular complexity index is 866. The van der Waals surface area contributed by atoms with Gasteiger partial charge in [-0.3, -0.25) is 4.79 Å². The van der Waals surface area contributed by atoms with Crippen molar-refractivity contribution in [3.05, 3.63) is 60.2 Å². The van der Waals surface area contributed by atoms with Crippen molar-refractivity contribution in [2.24, 2.45) is 0 Å². The lowest BCUT2D eigenvalue weighted by Gasteiger charge is -2.17. The predicted molar refractivity (Wildman–Crippen MR) is 106 cm³/mol. The van der Waals surface area contributed by atoms with Crippen molar-refractivity contribution >= 4 is 38.9 Å². The van der Waals surface area contributed by atoms with E-state index in [1.165, 1.54) is 16.4 Å². The van der Waals surface area contributed by atoms with E-state index in [4.69, 9.17) is 12.2 Å². The van der Waals surface area contributed by atoms with E-state index >= 15 is 0 Å². The largest absolute Gasteiger partial charge is 0.332 e. The standard InChI is InChI=1S/C18H21N3O3S2/c1-3-17(22)20-18(25)19-15-9-11-16(12-10-15)26(23,24)21(2)13-14-7-5-4-6-8-14/h4-12H,3,13H2,1-2H3,(H2,19,20,22,25). The monoisotopic (exact) mass is 391 g/mol. The highest BCUT2D eigenvalue weighted by molar-refractivity contribution is 7.89. The molecule has 0 saturated carbocycles. The Morgan fingerprint density at radius 2 is 1.69 bits per heavy atom. The Morgan fingerprint density at radius 1 is 1.08 bits per heavy atom. The lowest BCUT2D eigenvalue weighted by atomic mass is 10.2. The maximum Gasteiger partial charge on any atom is 0.243 e. The third-order valence-corrected chi connectivity index (χ3v) is 5.66. The fourth-order valence-corrected chi connectivity index (χ4v) is 3.58. The number of anilines is 1. The molecule has 0 aliphatic rings. The normalized spacial score (nSPS) is 11.2. The first-order valence-electron chi connectivity index (χ1n) is 8.04. The minimum Gasteiger partial charge on any atom is -0.332 e. The third-order valence-electron chi connectivity index (χ3n) is 3.64. The molecule has 0 atom stereocenters. The van der Waals surface area contributed by atoms with E-state index in [9.17, 15) is 13.2 Å². The van der Waals surface area contributed by atoms with Gasteiger partial charge in [0.2, 0.25) is 15.9 Å². The molecule has 0 aromatic heterocycles. The quantitative estimate of drug-likeness (QED) is 0.741. The van der Waals surface area contributed by atoms with Gasteiger partial charge in [0.15, 0.2) is 5.11 Å². The van der Waals surface area contributed by atoms with Crippen LogP contribution < -0.4 is 10.6 Å². The molecule has 2 aromatic rings. The topological polar surface area (TPSA) is 78.5 Å². The molecular formula is C18H21N3O3S2. The van der Waals surface area contributed by atoms with Gasteiger partial charge < -0.3 is 10.6 Å². The van der Waals surface area contributed by atoms with Crippen LogP contribution in [0.15, 0.2) is 59.5 Å². The van der Waals surface area contributed by atoms with Crippen LogP contribution in [0, 0.1) is 0 Å². The Balaban J connectivity index is 2.06. The number of hydrogen-bond acceptors (Lipinski definition) is 4. The van der Waals surface area contributed by atoms with Gasteiger partial charge in [0, 0.05) is 25.7 Å². The van der Waals surface area contributed by atoms with Crippen molar-refractivity contribution in [1.29, 1.82) is 0 Å². The number of hydrogen-bond donors (Lipinski definition) is 2. The molecule has 26 heavy (non-hydrogen) atoms. The van der Waals surface area contributed by atoms with Crippen LogP contribution in [-0.4, -0.2) is 30.8 Å². The van der Waals surface area contributed by atoms with Crippen LogP contribution >= 0.6 is 12.2 Å². The van der Waals surface area contributed by atoms with Crippen LogP contribution in [0.4, 0.5) is 5.69 Å². The van der Waals surface area contributed by atoms with Gasteiger partial charge in [-0.2, -0.15) is 4.31 Å². The summed E-state index contributed by atoms with van der Waals surface area (Å²) in [5, 5.41) is 5.54. The van der Waals surface area contributed by atoms with Crippen LogP contribution in [0.25, 0.3) is 0 Å². The number of benzene rings is 2. The summed E-state index contributed by atoms with van der Waals surface area (Å²) in [7, 11) is -2.06. The zero-order valence-electron chi connectivity index (χ0n) is 14.6. The number of carbonyl (C=O) groups excluding carboxylic acids is 1. The van der Waals surface area contributed by atoms with Crippen molar-refractivity contribution in [3.8, 4) is 0 Å². The highest BCUT2D eigenvalue weighted by Crippen LogP contribution is 2.19. The first-order valence-corrected chi connectivity index (χ1v) is 9.89. The number of carbonyl (C=O) groups is 1. The number of nitrogens with zero attached hydrogens (tertiary/aromatic N) is 1. The summed E-state index contributed by atoms with van der Waals surface area (Å²) >= 11 is 5.03. The maximum absolute atomic E-state index is 12.7. The maximum atomic E-state index is 12.7. The molecule has 0 spiro atoms. The van der Waals surface area contributed by atoms with Gasteiger partial charge in [0.25, 0.3) is 0 Å². The van der Waals surface area contributed by atoms with Gasteiger partial charge in [-0.1, -0.05) is 37.3 Å². The molecule has 2 aromatic carbocycles. The molecule has 2 rings (SSSR count). The van der Waals surface area contributed by atoms with Gasteiger partial charge in [0.1, 0.15) is 0 Å². The molecule has 0 bridgehead atoms. The minimum atomic E-state index is -3.60. The lowest BCUT2D eigenvalue weighted by Crippen LogP contribution is -2.33. The second kappa shape index (κ2) is 8.88. The molecule has 0 heterocycles. The molecule has 0 aliphatic carbocycles. The van der Waals surface area contributed by atoms with Gasteiger partial charge >= 0.3 is 0 Å². The fraction of sp³-hybridized carbons (Fsp3) is 0.222. The second-order valence-electron chi connectivity index (χ2n) is 5.63. The molecule has 6 nitrogen and oxygen atoms in total. The number of thiocarbonyl (C=S) groups is 1. The summed E-state index contributed by atoms with van der Waals surface area (Å²) in [4.78, 5) is 11.5. The summed E-state index contributed by atoms with van der Waals surface area (Å²) in [6, 6.07) is 15.6. The van der Waals surface area contributed by atoms with Crippen molar-refractivity contribution in [3.63, 3.8) is 0 Å². The van der Waals surface area contributed by atoms with Gasteiger partial charge in [-0.15, -0.1) is 0 Å². The first-order chi connectivity index (χ1) is 12.3. The molecule has 0 aliphatic heterocycles. The van der Waals surface area contributed by atoms with Crippen molar-refractivity contribution < 1.29 is 13.2 Å². The highest BCUT2D eigenvalue weighted by atomic mass is 32.2. The molecule has 0 radical (unpaired) electrons.